The molecule has 118 valence electrons. The third kappa shape index (κ3) is 4.94. The molecule has 0 aliphatic heterocycles. The molecule has 0 radical (unpaired) electrons. The first kappa shape index (κ1) is 17.2. The van der Waals surface area contributed by atoms with Crippen molar-refractivity contribution in [3.8, 4) is 5.75 Å². The number of ether oxygens (including phenoxy) is 1. The van der Waals surface area contributed by atoms with Gasteiger partial charge in [-0.3, -0.25) is 4.79 Å². The Morgan fingerprint density at radius 3 is 2.91 bits per heavy atom. The average molecular weight is 394 g/mol. The van der Waals surface area contributed by atoms with Crippen LogP contribution in [0, 0.1) is 0 Å². The van der Waals surface area contributed by atoms with Gasteiger partial charge in [-0.05, 0) is 30.3 Å². The number of halogens is 2. The van der Waals surface area contributed by atoms with E-state index < -0.39 is 5.91 Å². The zero-order valence-electron chi connectivity index (χ0n) is 12.1. The van der Waals surface area contributed by atoms with Crippen LogP contribution >= 0.6 is 27.5 Å². The van der Waals surface area contributed by atoms with Gasteiger partial charge in [-0.2, -0.15) is 5.10 Å². The molecule has 0 heterocycles. The summed E-state index contributed by atoms with van der Waals surface area (Å²) in [5, 5.41) is 4.31. The largest absolute Gasteiger partial charge is 0.489 e. The Morgan fingerprint density at radius 2 is 2.13 bits per heavy atom. The van der Waals surface area contributed by atoms with Gasteiger partial charge in [-0.1, -0.05) is 52.3 Å². The van der Waals surface area contributed by atoms with E-state index >= 15 is 0 Å². The Balaban J connectivity index is 2.08. The van der Waals surface area contributed by atoms with E-state index in [9.17, 15) is 4.79 Å². The van der Waals surface area contributed by atoms with E-state index in [-0.39, 0.29) is 0 Å². The molecule has 1 N–H and O–H groups in total. The second-order valence-electron chi connectivity index (χ2n) is 4.46. The second kappa shape index (κ2) is 8.50. The summed E-state index contributed by atoms with van der Waals surface area (Å²) in [7, 11) is 0. The van der Waals surface area contributed by atoms with Gasteiger partial charge >= 0.3 is 0 Å². The van der Waals surface area contributed by atoms with Crippen LogP contribution in [0.5, 0.6) is 5.75 Å². The number of benzene rings is 2. The number of para-hydroxylation sites is 1. The van der Waals surface area contributed by atoms with E-state index in [2.05, 4.69) is 33.0 Å². The summed E-state index contributed by atoms with van der Waals surface area (Å²) < 4.78 is 6.28. The Labute approximate surface area is 147 Å². The highest BCUT2D eigenvalue weighted by molar-refractivity contribution is 9.10. The van der Waals surface area contributed by atoms with Crippen molar-refractivity contribution in [2.75, 3.05) is 6.61 Å². The third-order valence-electron chi connectivity index (χ3n) is 2.82. The van der Waals surface area contributed by atoms with Gasteiger partial charge in [0.15, 0.2) is 0 Å². The first-order chi connectivity index (χ1) is 11.1. The molecule has 2 rings (SSSR count). The van der Waals surface area contributed by atoms with Crippen molar-refractivity contribution in [2.45, 2.75) is 0 Å². The van der Waals surface area contributed by atoms with E-state index in [0.717, 1.165) is 10.0 Å². The minimum absolute atomic E-state index is 0.342. The smallest absolute Gasteiger partial charge is 0.272 e. The third-order valence-corrected chi connectivity index (χ3v) is 3.64. The molecule has 0 fully saturated rings. The number of hydrogen-bond acceptors (Lipinski definition) is 3. The van der Waals surface area contributed by atoms with Crippen LogP contribution in [0.3, 0.4) is 0 Å². The molecule has 4 nitrogen and oxygen atoms in total. The van der Waals surface area contributed by atoms with E-state index in [0.29, 0.717) is 22.9 Å². The lowest BCUT2D eigenvalue weighted by molar-refractivity contribution is 0.0955. The van der Waals surface area contributed by atoms with Crippen molar-refractivity contribution in [1.29, 1.82) is 0 Å². The molecule has 0 saturated heterocycles. The average Bonchev–Trinajstić information content (AvgIpc) is 2.56. The Morgan fingerprint density at radius 1 is 1.35 bits per heavy atom. The highest BCUT2D eigenvalue weighted by atomic mass is 79.9. The van der Waals surface area contributed by atoms with Crippen LogP contribution in [0.4, 0.5) is 0 Å². The van der Waals surface area contributed by atoms with E-state index in [4.69, 9.17) is 16.3 Å². The van der Waals surface area contributed by atoms with Crippen LogP contribution in [0.2, 0.25) is 5.02 Å². The van der Waals surface area contributed by atoms with Crippen LogP contribution < -0.4 is 10.2 Å². The molecular weight excluding hydrogens is 380 g/mol. The second-order valence-corrected chi connectivity index (χ2v) is 5.78. The fourth-order valence-corrected chi connectivity index (χ4v) is 2.32. The van der Waals surface area contributed by atoms with Crippen LogP contribution in [0.15, 0.2) is 64.7 Å². The molecule has 0 atom stereocenters. The topological polar surface area (TPSA) is 50.7 Å². The normalized spacial score (nSPS) is 10.5. The number of nitrogens with zero attached hydrogens (tertiary/aromatic N) is 1. The van der Waals surface area contributed by atoms with Crippen molar-refractivity contribution in [1.82, 2.24) is 5.43 Å². The molecular formula is C17H14BrClN2O2. The highest BCUT2D eigenvalue weighted by Crippen LogP contribution is 2.21. The SMILES string of the molecule is C=CCOc1ccccc1/C=N/NC(=O)c1cc(Br)ccc1Cl. The zero-order valence-corrected chi connectivity index (χ0v) is 14.5. The van der Waals surface area contributed by atoms with E-state index in [1.165, 1.54) is 6.21 Å². The van der Waals surface area contributed by atoms with Gasteiger partial charge in [0.05, 0.1) is 16.8 Å². The lowest BCUT2D eigenvalue weighted by Gasteiger charge is -2.06. The first-order valence-electron chi connectivity index (χ1n) is 6.73. The maximum Gasteiger partial charge on any atom is 0.272 e. The number of amides is 1. The molecule has 0 aromatic heterocycles. The van der Waals surface area contributed by atoms with Crippen molar-refractivity contribution in [3.05, 3.63) is 75.7 Å². The lowest BCUT2D eigenvalue weighted by atomic mass is 10.2. The summed E-state index contributed by atoms with van der Waals surface area (Å²) in [4.78, 5) is 12.1. The minimum atomic E-state index is -0.392. The van der Waals surface area contributed by atoms with Crippen molar-refractivity contribution in [2.24, 2.45) is 5.10 Å². The van der Waals surface area contributed by atoms with Gasteiger partial charge in [-0.15, -0.1) is 0 Å². The van der Waals surface area contributed by atoms with Crippen LogP contribution in [0.1, 0.15) is 15.9 Å². The molecule has 0 aliphatic carbocycles. The Hall–Kier alpha value is -2.11. The molecule has 6 heteroatoms. The van der Waals surface area contributed by atoms with Gasteiger partial charge in [0.1, 0.15) is 12.4 Å². The summed E-state index contributed by atoms with van der Waals surface area (Å²) in [5.74, 6) is 0.267. The standard InChI is InChI=1S/C17H14BrClN2O2/c1-2-9-23-16-6-4-3-5-12(16)11-20-21-17(22)14-10-13(18)7-8-15(14)19/h2-8,10-11H,1,9H2,(H,21,22)/b20-11+. The molecule has 0 unspecified atom stereocenters. The van der Waals surface area contributed by atoms with E-state index in [1.807, 2.05) is 24.3 Å². The molecule has 2 aromatic carbocycles. The number of rotatable bonds is 6. The first-order valence-corrected chi connectivity index (χ1v) is 7.90. The molecule has 2 aromatic rings. The molecule has 1 amide bonds. The fourth-order valence-electron chi connectivity index (χ4n) is 1.76. The summed E-state index contributed by atoms with van der Waals surface area (Å²) >= 11 is 9.31. The molecule has 0 aliphatic rings. The van der Waals surface area contributed by atoms with Gasteiger partial charge in [0.25, 0.3) is 5.91 Å². The highest BCUT2D eigenvalue weighted by Gasteiger charge is 2.10. The van der Waals surface area contributed by atoms with Gasteiger partial charge < -0.3 is 4.74 Å². The van der Waals surface area contributed by atoms with Gasteiger partial charge in [0, 0.05) is 10.0 Å². The maximum atomic E-state index is 12.1. The predicted molar refractivity (Wildman–Crippen MR) is 96.3 cm³/mol. The van der Waals surface area contributed by atoms with Crippen molar-refractivity contribution >= 4 is 39.7 Å². The number of carbonyl (C=O) groups excluding carboxylic acids is 1. The monoisotopic (exact) mass is 392 g/mol. The molecule has 23 heavy (non-hydrogen) atoms. The summed E-state index contributed by atoms with van der Waals surface area (Å²) in [6.07, 6.45) is 3.17. The predicted octanol–water partition coefficient (Wildman–Crippen LogP) is 4.43. The Kier molecular flexibility index (Phi) is 6.38. The van der Waals surface area contributed by atoms with Crippen molar-refractivity contribution < 1.29 is 9.53 Å². The van der Waals surface area contributed by atoms with Crippen LogP contribution in [-0.2, 0) is 0 Å². The Bertz CT molecular complexity index is 747. The molecule has 0 bridgehead atoms. The summed E-state index contributed by atoms with van der Waals surface area (Å²) in [6, 6.07) is 12.4. The zero-order chi connectivity index (χ0) is 16.7. The number of hydrogen-bond donors (Lipinski definition) is 1. The summed E-state index contributed by atoms with van der Waals surface area (Å²) in [5.41, 5.74) is 3.54. The van der Waals surface area contributed by atoms with Crippen LogP contribution in [-0.4, -0.2) is 18.7 Å². The number of hydrazone groups is 1. The lowest BCUT2D eigenvalue weighted by Crippen LogP contribution is -2.18. The van der Waals surface area contributed by atoms with Gasteiger partial charge in [0.2, 0.25) is 0 Å². The number of nitrogens with one attached hydrogen (secondary N) is 1. The molecule has 0 saturated carbocycles. The van der Waals surface area contributed by atoms with Crippen molar-refractivity contribution in [3.63, 3.8) is 0 Å². The van der Waals surface area contributed by atoms with Gasteiger partial charge in [-0.25, -0.2) is 5.43 Å². The maximum absolute atomic E-state index is 12.1. The quantitative estimate of drug-likeness (QED) is 0.448. The minimum Gasteiger partial charge on any atom is -0.489 e. The molecule has 0 spiro atoms. The number of carbonyl (C=O) groups is 1. The summed E-state index contributed by atoms with van der Waals surface area (Å²) in [6.45, 7) is 4.00. The fraction of sp³-hybridized carbons (Fsp3) is 0.0588. The van der Waals surface area contributed by atoms with Crippen LogP contribution in [0.25, 0.3) is 0 Å². The van der Waals surface area contributed by atoms with E-state index in [1.54, 1.807) is 24.3 Å².